The Morgan fingerprint density at radius 2 is 2.04 bits per heavy atom. The highest BCUT2D eigenvalue weighted by atomic mass is 16.5. The first-order valence-corrected chi connectivity index (χ1v) is 8.22. The first-order chi connectivity index (χ1) is 12.2. The molecule has 3 aromatic rings. The Kier molecular flexibility index (Phi) is 3.98. The number of anilines is 1. The molecule has 0 bridgehead atoms. The number of benzene rings is 2. The summed E-state index contributed by atoms with van der Waals surface area (Å²) in [4.78, 5) is 14.6. The van der Waals surface area contributed by atoms with Crippen LogP contribution >= 0.6 is 0 Å². The van der Waals surface area contributed by atoms with Crippen LogP contribution in [0.1, 0.15) is 11.1 Å². The van der Waals surface area contributed by atoms with Gasteiger partial charge < -0.3 is 14.2 Å². The second kappa shape index (κ2) is 6.43. The monoisotopic (exact) mass is 334 g/mol. The molecular formula is C20H18N2O3. The van der Waals surface area contributed by atoms with Gasteiger partial charge in [-0.1, -0.05) is 17.3 Å². The maximum absolute atomic E-state index is 12.7. The first kappa shape index (κ1) is 15.4. The molecule has 0 spiro atoms. The van der Waals surface area contributed by atoms with Crippen LogP contribution in [-0.4, -0.2) is 24.7 Å². The van der Waals surface area contributed by atoms with E-state index in [1.54, 1.807) is 13.3 Å². The number of hydrogen-bond donors (Lipinski definition) is 0. The van der Waals surface area contributed by atoms with Gasteiger partial charge in [0.25, 0.3) is 0 Å². The van der Waals surface area contributed by atoms with Crippen molar-refractivity contribution in [1.82, 2.24) is 5.16 Å². The molecule has 0 saturated carbocycles. The molecule has 1 aliphatic heterocycles. The van der Waals surface area contributed by atoms with Crippen molar-refractivity contribution < 1.29 is 14.1 Å². The number of methoxy groups -OCH3 is 1. The number of aromatic nitrogens is 1. The molecule has 2 aromatic carbocycles. The normalized spacial score (nSPS) is 12.9. The van der Waals surface area contributed by atoms with Crippen molar-refractivity contribution >= 4 is 11.6 Å². The lowest BCUT2D eigenvalue weighted by molar-refractivity contribution is -0.117. The molecule has 1 amide bonds. The molecule has 25 heavy (non-hydrogen) atoms. The van der Waals surface area contributed by atoms with E-state index < -0.39 is 0 Å². The summed E-state index contributed by atoms with van der Waals surface area (Å²) in [6.07, 6.45) is 2.87. The molecule has 1 aromatic heterocycles. The van der Waals surface area contributed by atoms with Crippen molar-refractivity contribution in [1.29, 1.82) is 0 Å². The third-order valence-corrected chi connectivity index (χ3v) is 4.51. The zero-order valence-electron chi connectivity index (χ0n) is 13.9. The molecule has 126 valence electrons. The van der Waals surface area contributed by atoms with Crippen LogP contribution in [0.2, 0.25) is 0 Å². The van der Waals surface area contributed by atoms with Crippen LogP contribution in [0, 0.1) is 0 Å². The smallest absolute Gasteiger partial charge is 0.231 e. The lowest BCUT2D eigenvalue weighted by Gasteiger charge is -2.17. The van der Waals surface area contributed by atoms with E-state index in [4.69, 9.17) is 9.26 Å². The second-order valence-corrected chi connectivity index (χ2v) is 6.04. The average molecular weight is 334 g/mol. The molecule has 0 saturated heterocycles. The summed E-state index contributed by atoms with van der Waals surface area (Å²) in [5, 5.41) is 3.75. The number of hydrogen-bond acceptors (Lipinski definition) is 4. The van der Waals surface area contributed by atoms with E-state index in [0.29, 0.717) is 13.0 Å². The Hall–Kier alpha value is -3.08. The standard InChI is InChI=1S/C20H18N2O3/c1-24-17-5-2-14(3-6-17)12-20(23)22-11-9-15-13-16(4-7-18(15)22)19-8-10-21-25-19/h2-8,10,13H,9,11-12H2,1H3. The van der Waals surface area contributed by atoms with E-state index in [1.165, 1.54) is 0 Å². The highest BCUT2D eigenvalue weighted by Gasteiger charge is 2.25. The molecule has 0 N–H and O–H groups in total. The van der Waals surface area contributed by atoms with E-state index in [-0.39, 0.29) is 5.91 Å². The number of nitrogens with zero attached hydrogens (tertiary/aromatic N) is 2. The van der Waals surface area contributed by atoms with Crippen LogP contribution in [-0.2, 0) is 17.6 Å². The quantitative estimate of drug-likeness (QED) is 0.733. The van der Waals surface area contributed by atoms with Crippen molar-refractivity contribution in [3.05, 3.63) is 65.9 Å². The lowest BCUT2D eigenvalue weighted by atomic mass is 10.1. The van der Waals surface area contributed by atoms with E-state index in [2.05, 4.69) is 11.2 Å². The number of carbonyl (C=O) groups is 1. The maximum atomic E-state index is 12.7. The topological polar surface area (TPSA) is 55.6 Å². The van der Waals surface area contributed by atoms with Gasteiger partial charge >= 0.3 is 0 Å². The van der Waals surface area contributed by atoms with Crippen LogP contribution in [0.5, 0.6) is 5.75 Å². The van der Waals surface area contributed by atoms with Gasteiger partial charge in [0.05, 0.1) is 19.7 Å². The fourth-order valence-electron chi connectivity index (χ4n) is 3.19. The summed E-state index contributed by atoms with van der Waals surface area (Å²) in [6, 6.07) is 15.5. The molecular weight excluding hydrogens is 316 g/mol. The predicted molar refractivity (Wildman–Crippen MR) is 94.7 cm³/mol. The Bertz CT molecular complexity index is 886. The van der Waals surface area contributed by atoms with Crippen molar-refractivity contribution in [3.63, 3.8) is 0 Å². The number of rotatable bonds is 4. The van der Waals surface area contributed by atoms with Crippen LogP contribution < -0.4 is 9.64 Å². The van der Waals surface area contributed by atoms with Gasteiger partial charge in [-0.2, -0.15) is 0 Å². The third kappa shape index (κ3) is 3.01. The molecule has 0 radical (unpaired) electrons. The SMILES string of the molecule is COc1ccc(CC(=O)N2CCc3cc(-c4ccno4)ccc32)cc1. The minimum atomic E-state index is 0.108. The summed E-state index contributed by atoms with van der Waals surface area (Å²) >= 11 is 0. The van der Waals surface area contributed by atoms with Crippen LogP contribution in [0.3, 0.4) is 0 Å². The fraction of sp³-hybridized carbons (Fsp3) is 0.200. The molecule has 0 fully saturated rings. The number of carbonyl (C=O) groups excluding carboxylic acids is 1. The van der Waals surface area contributed by atoms with Gasteiger partial charge in [0, 0.05) is 23.9 Å². The highest BCUT2D eigenvalue weighted by Crippen LogP contribution is 2.32. The molecule has 4 rings (SSSR count). The number of amides is 1. The fourth-order valence-corrected chi connectivity index (χ4v) is 3.19. The van der Waals surface area contributed by atoms with Gasteiger partial charge in [0.15, 0.2) is 5.76 Å². The van der Waals surface area contributed by atoms with Gasteiger partial charge in [0.2, 0.25) is 5.91 Å². The Labute approximate surface area is 145 Å². The largest absolute Gasteiger partial charge is 0.497 e. The molecule has 0 aliphatic carbocycles. The lowest BCUT2D eigenvalue weighted by Crippen LogP contribution is -2.30. The predicted octanol–water partition coefficient (Wildman–Crippen LogP) is 3.48. The minimum absolute atomic E-state index is 0.108. The van der Waals surface area contributed by atoms with Crippen LogP contribution in [0.4, 0.5) is 5.69 Å². The minimum Gasteiger partial charge on any atom is -0.497 e. The van der Waals surface area contributed by atoms with Gasteiger partial charge in [-0.3, -0.25) is 4.79 Å². The Morgan fingerprint density at radius 1 is 1.20 bits per heavy atom. The Balaban J connectivity index is 1.52. The van der Waals surface area contributed by atoms with Crippen molar-refractivity contribution in [3.8, 4) is 17.1 Å². The summed E-state index contributed by atoms with van der Waals surface area (Å²) < 4.78 is 10.4. The maximum Gasteiger partial charge on any atom is 0.231 e. The molecule has 5 heteroatoms. The highest BCUT2D eigenvalue weighted by molar-refractivity contribution is 5.97. The van der Waals surface area contributed by atoms with E-state index >= 15 is 0 Å². The zero-order chi connectivity index (χ0) is 17.2. The first-order valence-electron chi connectivity index (χ1n) is 8.22. The molecule has 0 unspecified atom stereocenters. The van der Waals surface area contributed by atoms with Crippen LogP contribution in [0.25, 0.3) is 11.3 Å². The molecule has 2 heterocycles. The number of ether oxygens (including phenoxy) is 1. The van der Waals surface area contributed by atoms with E-state index in [1.807, 2.05) is 47.4 Å². The average Bonchev–Trinajstić information content (AvgIpc) is 3.31. The molecule has 5 nitrogen and oxygen atoms in total. The second-order valence-electron chi connectivity index (χ2n) is 6.04. The van der Waals surface area contributed by atoms with Crippen LogP contribution in [0.15, 0.2) is 59.3 Å². The van der Waals surface area contributed by atoms with Gasteiger partial charge in [-0.05, 0) is 47.9 Å². The van der Waals surface area contributed by atoms with Gasteiger partial charge in [-0.15, -0.1) is 0 Å². The summed E-state index contributed by atoms with van der Waals surface area (Å²) in [6.45, 7) is 0.712. The van der Waals surface area contributed by atoms with Crippen molar-refractivity contribution in [2.24, 2.45) is 0 Å². The molecule has 0 atom stereocenters. The van der Waals surface area contributed by atoms with Gasteiger partial charge in [-0.25, -0.2) is 0 Å². The van der Waals surface area contributed by atoms with Gasteiger partial charge in [0.1, 0.15) is 5.75 Å². The Morgan fingerprint density at radius 3 is 2.76 bits per heavy atom. The molecule has 1 aliphatic rings. The number of fused-ring (bicyclic) bond motifs is 1. The van der Waals surface area contributed by atoms with Crippen molar-refractivity contribution in [2.75, 3.05) is 18.6 Å². The zero-order valence-corrected chi connectivity index (χ0v) is 13.9. The van der Waals surface area contributed by atoms with Crippen molar-refractivity contribution in [2.45, 2.75) is 12.8 Å². The summed E-state index contributed by atoms with van der Waals surface area (Å²) in [7, 11) is 1.63. The van der Waals surface area contributed by atoms with E-state index in [9.17, 15) is 4.79 Å². The summed E-state index contributed by atoms with van der Waals surface area (Å²) in [5.41, 5.74) is 4.12. The third-order valence-electron chi connectivity index (χ3n) is 4.51. The van der Waals surface area contributed by atoms with E-state index in [0.717, 1.165) is 40.3 Å². The summed E-state index contributed by atoms with van der Waals surface area (Å²) in [5.74, 6) is 1.64.